The zero-order valence-electron chi connectivity index (χ0n) is 12.0. The molecule has 1 aliphatic heterocycles. The fourth-order valence-electron chi connectivity index (χ4n) is 3.91. The van der Waals surface area contributed by atoms with E-state index in [0.29, 0.717) is 18.6 Å². The van der Waals surface area contributed by atoms with Gasteiger partial charge in [-0.25, -0.2) is 4.98 Å². The molecule has 114 valence electrons. The lowest BCUT2D eigenvalue weighted by molar-refractivity contribution is -0.138. The summed E-state index contributed by atoms with van der Waals surface area (Å²) in [6.07, 6.45) is 6.72. The SMILES string of the molecule is O=C(O)C1CCc2sc(N3CCOC4CCCCC43)nc21. The molecule has 5 nitrogen and oxygen atoms in total. The van der Waals surface area contributed by atoms with Crippen LogP contribution in [0.15, 0.2) is 0 Å². The van der Waals surface area contributed by atoms with Gasteiger partial charge in [0, 0.05) is 11.4 Å². The van der Waals surface area contributed by atoms with Crippen molar-refractivity contribution in [1.82, 2.24) is 4.98 Å². The van der Waals surface area contributed by atoms with Crippen LogP contribution in [0.2, 0.25) is 0 Å². The topological polar surface area (TPSA) is 62.7 Å². The number of aromatic nitrogens is 1. The van der Waals surface area contributed by atoms with Crippen molar-refractivity contribution in [3.05, 3.63) is 10.6 Å². The monoisotopic (exact) mass is 308 g/mol. The van der Waals surface area contributed by atoms with Gasteiger partial charge in [-0.05, 0) is 25.7 Å². The van der Waals surface area contributed by atoms with Crippen LogP contribution in [-0.4, -0.2) is 41.4 Å². The van der Waals surface area contributed by atoms with Crippen molar-refractivity contribution >= 4 is 22.4 Å². The molecule has 0 spiro atoms. The molecule has 2 heterocycles. The molecule has 4 rings (SSSR count). The number of carbonyl (C=O) groups is 1. The number of fused-ring (bicyclic) bond motifs is 2. The summed E-state index contributed by atoms with van der Waals surface area (Å²) >= 11 is 1.70. The van der Waals surface area contributed by atoms with Gasteiger partial charge in [0.2, 0.25) is 0 Å². The van der Waals surface area contributed by atoms with Crippen LogP contribution in [0.25, 0.3) is 0 Å². The van der Waals surface area contributed by atoms with Gasteiger partial charge in [-0.15, -0.1) is 11.3 Å². The van der Waals surface area contributed by atoms with Gasteiger partial charge in [0.25, 0.3) is 0 Å². The van der Waals surface area contributed by atoms with Crippen molar-refractivity contribution in [2.45, 2.75) is 56.6 Å². The van der Waals surface area contributed by atoms with E-state index < -0.39 is 11.9 Å². The standard InChI is InChI=1S/C15H20N2O3S/c18-14(19)9-5-6-12-13(9)16-15(21-12)17-7-8-20-11-4-2-1-3-10(11)17/h9-11H,1-8H2,(H,18,19). The molecular weight excluding hydrogens is 288 g/mol. The molecule has 21 heavy (non-hydrogen) atoms. The molecule has 1 aromatic rings. The first-order valence-corrected chi connectivity index (χ1v) is 8.66. The number of anilines is 1. The van der Waals surface area contributed by atoms with Gasteiger partial charge in [-0.3, -0.25) is 4.79 Å². The maximum Gasteiger partial charge on any atom is 0.312 e. The fourth-order valence-corrected chi connectivity index (χ4v) is 5.13. The lowest BCUT2D eigenvalue weighted by Crippen LogP contribution is -2.52. The van der Waals surface area contributed by atoms with E-state index in [-0.39, 0.29) is 0 Å². The van der Waals surface area contributed by atoms with Crippen molar-refractivity contribution in [1.29, 1.82) is 0 Å². The summed E-state index contributed by atoms with van der Waals surface area (Å²) in [5, 5.41) is 10.3. The van der Waals surface area contributed by atoms with E-state index in [1.807, 2.05) is 0 Å². The number of carboxylic acid groups (broad SMARTS) is 1. The van der Waals surface area contributed by atoms with E-state index in [0.717, 1.165) is 43.2 Å². The minimum absolute atomic E-state index is 0.335. The van der Waals surface area contributed by atoms with Gasteiger partial charge < -0.3 is 14.7 Å². The van der Waals surface area contributed by atoms with Crippen LogP contribution in [0.3, 0.4) is 0 Å². The van der Waals surface area contributed by atoms with Gasteiger partial charge in [-0.1, -0.05) is 12.8 Å². The average Bonchev–Trinajstić information content (AvgIpc) is 3.06. The Morgan fingerprint density at radius 3 is 3.05 bits per heavy atom. The highest BCUT2D eigenvalue weighted by Gasteiger charge is 2.38. The third kappa shape index (κ3) is 2.25. The molecule has 0 bridgehead atoms. The molecule has 1 aromatic heterocycles. The molecular formula is C15H20N2O3S. The van der Waals surface area contributed by atoms with Gasteiger partial charge in [0.1, 0.15) is 5.92 Å². The molecule has 2 aliphatic carbocycles. The third-order valence-electron chi connectivity index (χ3n) is 4.98. The highest BCUT2D eigenvalue weighted by molar-refractivity contribution is 7.15. The summed E-state index contributed by atoms with van der Waals surface area (Å²) in [4.78, 5) is 19.6. The van der Waals surface area contributed by atoms with E-state index >= 15 is 0 Å². The normalized spacial score (nSPS) is 31.8. The third-order valence-corrected chi connectivity index (χ3v) is 6.15. The summed E-state index contributed by atoms with van der Waals surface area (Å²) in [5.74, 6) is -1.13. The molecule has 1 N–H and O–H groups in total. The lowest BCUT2D eigenvalue weighted by Gasteiger charge is -2.43. The van der Waals surface area contributed by atoms with Crippen LogP contribution in [-0.2, 0) is 16.0 Å². The van der Waals surface area contributed by atoms with Crippen LogP contribution < -0.4 is 4.90 Å². The molecule has 0 amide bonds. The Kier molecular flexibility index (Phi) is 3.38. The van der Waals surface area contributed by atoms with Crippen LogP contribution in [0, 0.1) is 0 Å². The van der Waals surface area contributed by atoms with Crippen molar-refractivity contribution in [2.75, 3.05) is 18.1 Å². The zero-order valence-corrected chi connectivity index (χ0v) is 12.8. The number of aryl methyl sites for hydroxylation is 1. The van der Waals surface area contributed by atoms with E-state index in [9.17, 15) is 9.90 Å². The highest BCUT2D eigenvalue weighted by atomic mass is 32.1. The number of rotatable bonds is 2. The summed E-state index contributed by atoms with van der Waals surface area (Å²) in [5.41, 5.74) is 0.821. The Morgan fingerprint density at radius 1 is 1.33 bits per heavy atom. The second-order valence-electron chi connectivity index (χ2n) is 6.19. The lowest BCUT2D eigenvalue weighted by atomic mass is 9.90. The summed E-state index contributed by atoms with van der Waals surface area (Å²) in [6.45, 7) is 1.64. The summed E-state index contributed by atoms with van der Waals surface area (Å²) in [6, 6.07) is 0.432. The first kappa shape index (κ1) is 13.5. The van der Waals surface area contributed by atoms with E-state index in [1.54, 1.807) is 11.3 Å². The molecule has 3 atom stereocenters. The number of morpholine rings is 1. The minimum Gasteiger partial charge on any atom is -0.481 e. The van der Waals surface area contributed by atoms with E-state index in [4.69, 9.17) is 9.72 Å². The summed E-state index contributed by atoms with van der Waals surface area (Å²) < 4.78 is 5.91. The second kappa shape index (κ2) is 5.25. The van der Waals surface area contributed by atoms with Crippen molar-refractivity contribution in [3.63, 3.8) is 0 Å². The van der Waals surface area contributed by atoms with Crippen LogP contribution in [0.1, 0.15) is 48.6 Å². The van der Waals surface area contributed by atoms with E-state index in [1.165, 1.54) is 17.7 Å². The maximum absolute atomic E-state index is 11.3. The predicted octanol–water partition coefficient (Wildman–Crippen LogP) is 2.41. The zero-order chi connectivity index (χ0) is 14.4. The second-order valence-corrected chi connectivity index (χ2v) is 7.25. The van der Waals surface area contributed by atoms with Crippen LogP contribution in [0.4, 0.5) is 5.13 Å². The average molecular weight is 308 g/mol. The van der Waals surface area contributed by atoms with Crippen molar-refractivity contribution in [2.24, 2.45) is 0 Å². The quantitative estimate of drug-likeness (QED) is 0.909. The first-order valence-electron chi connectivity index (χ1n) is 7.84. The van der Waals surface area contributed by atoms with Crippen LogP contribution in [0.5, 0.6) is 0 Å². The number of hydrogen-bond donors (Lipinski definition) is 1. The summed E-state index contributed by atoms with van der Waals surface area (Å²) in [7, 11) is 0. The molecule has 1 saturated carbocycles. The van der Waals surface area contributed by atoms with Gasteiger partial charge >= 0.3 is 5.97 Å². The number of ether oxygens (including phenoxy) is 1. The van der Waals surface area contributed by atoms with Crippen molar-refractivity contribution < 1.29 is 14.6 Å². The molecule has 1 saturated heterocycles. The Labute approximate surface area is 127 Å². The smallest absolute Gasteiger partial charge is 0.312 e. The van der Waals surface area contributed by atoms with Crippen molar-refractivity contribution in [3.8, 4) is 0 Å². The maximum atomic E-state index is 11.3. The first-order chi connectivity index (χ1) is 10.2. The van der Waals surface area contributed by atoms with Gasteiger partial charge in [0.05, 0.1) is 24.4 Å². The fraction of sp³-hybridized carbons (Fsp3) is 0.733. The van der Waals surface area contributed by atoms with Gasteiger partial charge in [0.15, 0.2) is 5.13 Å². The molecule has 3 aliphatic rings. The Morgan fingerprint density at radius 2 is 2.19 bits per heavy atom. The Hall–Kier alpha value is -1.14. The van der Waals surface area contributed by atoms with E-state index in [2.05, 4.69) is 4.90 Å². The number of hydrogen-bond acceptors (Lipinski definition) is 5. The molecule has 0 radical (unpaired) electrons. The molecule has 6 heteroatoms. The molecule has 0 aromatic carbocycles. The predicted molar refractivity (Wildman–Crippen MR) is 80.2 cm³/mol. The number of aliphatic carboxylic acids is 1. The number of thiazole rings is 1. The Bertz CT molecular complexity index is 557. The van der Waals surface area contributed by atoms with Crippen LogP contribution >= 0.6 is 11.3 Å². The van der Waals surface area contributed by atoms with Gasteiger partial charge in [-0.2, -0.15) is 0 Å². The highest BCUT2D eigenvalue weighted by Crippen LogP contribution is 2.41. The molecule has 2 fully saturated rings. The number of carboxylic acids is 1. The Balaban J connectivity index is 1.62. The molecule has 3 unspecified atom stereocenters. The minimum atomic E-state index is -0.733. The number of nitrogens with zero attached hydrogens (tertiary/aromatic N) is 2. The largest absolute Gasteiger partial charge is 0.481 e.